The third-order valence-electron chi connectivity index (χ3n) is 2.82. The normalized spacial score (nSPS) is 12.2. The molecule has 3 N–H and O–H groups in total. The Balaban J connectivity index is 2.47. The average molecular weight is 278 g/mol. The minimum atomic E-state index is -0.929. The average Bonchev–Trinajstić information content (AvgIpc) is 2.33. The monoisotopic (exact) mass is 278 g/mol. The molecule has 0 aliphatic rings. The third kappa shape index (κ3) is 5.84. The Morgan fingerprint density at radius 2 is 2.00 bits per heavy atom. The molecule has 0 aliphatic carbocycles. The molecular weight excluding hydrogens is 256 g/mol. The largest absolute Gasteiger partial charge is 0.480 e. The van der Waals surface area contributed by atoms with Crippen molar-refractivity contribution in [2.75, 3.05) is 11.9 Å². The van der Waals surface area contributed by atoms with E-state index in [9.17, 15) is 9.59 Å². The summed E-state index contributed by atoms with van der Waals surface area (Å²) in [4.78, 5) is 22.8. The van der Waals surface area contributed by atoms with E-state index in [0.717, 1.165) is 5.56 Å². The molecule has 0 aromatic heterocycles. The molecule has 0 aliphatic heterocycles. The Labute approximate surface area is 119 Å². The molecule has 110 valence electrons. The maximum absolute atomic E-state index is 11.8. The summed E-state index contributed by atoms with van der Waals surface area (Å²) in [6.45, 7) is 5.82. The molecule has 0 fully saturated rings. The molecule has 5 nitrogen and oxygen atoms in total. The van der Waals surface area contributed by atoms with Crippen LogP contribution in [0, 0.1) is 12.8 Å². The van der Waals surface area contributed by atoms with E-state index in [1.165, 1.54) is 0 Å². The first-order valence-corrected chi connectivity index (χ1v) is 6.71. The Bertz CT molecular complexity index is 472. The third-order valence-corrected chi connectivity index (χ3v) is 2.82. The predicted molar refractivity (Wildman–Crippen MR) is 78.7 cm³/mol. The van der Waals surface area contributed by atoms with E-state index in [-0.39, 0.29) is 18.4 Å². The first-order chi connectivity index (χ1) is 9.38. The van der Waals surface area contributed by atoms with E-state index < -0.39 is 12.0 Å². The minimum Gasteiger partial charge on any atom is -0.480 e. The molecule has 0 heterocycles. The summed E-state index contributed by atoms with van der Waals surface area (Å²) in [5.41, 5.74) is 1.77. The van der Waals surface area contributed by atoms with Gasteiger partial charge in [-0.05, 0) is 37.0 Å². The van der Waals surface area contributed by atoms with Crippen molar-refractivity contribution in [1.29, 1.82) is 0 Å². The Kier molecular flexibility index (Phi) is 6.18. The highest BCUT2D eigenvalue weighted by atomic mass is 16.4. The smallest absolute Gasteiger partial charge is 0.320 e. The van der Waals surface area contributed by atoms with Gasteiger partial charge in [0.1, 0.15) is 6.04 Å². The summed E-state index contributed by atoms with van der Waals surface area (Å²) in [6, 6.07) is 6.76. The van der Waals surface area contributed by atoms with E-state index >= 15 is 0 Å². The van der Waals surface area contributed by atoms with Crippen LogP contribution in [-0.4, -0.2) is 29.6 Å². The van der Waals surface area contributed by atoms with Crippen molar-refractivity contribution in [3.8, 4) is 0 Å². The molecule has 0 bridgehead atoms. The Morgan fingerprint density at radius 1 is 1.30 bits per heavy atom. The molecule has 0 saturated carbocycles. The van der Waals surface area contributed by atoms with E-state index in [4.69, 9.17) is 5.11 Å². The summed E-state index contributed by atoms with van der Waals surface area (Å²) in [5.74, 6) is -0.920. The van der Waals surface area contributed by atoms with Crippen molar-refractivity contribution in [1.82, 2.24) is 5.32 Å². The van der Waals surface area contributed by atoms with Crippen LogP contribution in [0.1, 0.15) is 25.8 Å². The van der Waals surface area contributed by atoms with Crippen molar-refractivity contribution in [2.24, 2.45) is 5.92 Å². The zero-order valence-corrected chi connectivity index (χ0v) is 12.1. The molecule has 0 radical (unpaired) electrons. The highest BCUT2D eigenvalue weighted by molar-refractivity contribution is 5.92. The number of hydrogen-bond acceptors (Lipinski definition) is 3. The Morgan fingerprint density at radius 3 is 2.55 bits per heavy atom. The fourth-order valence-corrected chi connectivity index (χ4v) is 1.89. The second-order valence-electron chi connectivity index (χ2n) is 5.32. The molecule has 1 atom stereocenters. The predicted octanol–water partition coefficient (Wildman–Crippen LogP) is 2.02. The molecule has 0 spiro atoms. The topological polar surface area (TPSA) is 78.4 Å². The van der Waals surface area contributed by atoms with Crippen molar-refractivity contribution in [3.63, 3.8) is 0 Å². The van der Waals surface area contributed by atoms with Gasteiger partial charge in [-0.3, -0.25) is 14.9 Å². The van der Waals surface area contributed by atoms with Crippen molar-refractivity contribution in [3.05, 3.63) is 29.8 Å². The van der Waals surface area contributed by atoms with Crippen LogP contribution in [0.25, 0.3) is 0 Å². The zero-order chi connectivity index (χ0) is 15.1. The van der Waals surface area contributed by atoms with E-state index in [1.807, 2.05) is 39.0 Å². The number of nitrogens with one attached hydrogen (secondary N) is 2. The van der Waals surface area contributed by atoms with E-state index in [1.54, 1.807) is 6.07 Å². The number of aryl methyl sites for hydroxylation is 1. The van der Waals surface area contributed by atoms with Gasteiger partial charge in [0.2, 0.25) is 5.91 Å². The first-order valence-electron chi connectivity index (χ1n) is 6.71. The van der Waals surface area contributed by atoms with Crippen LogP contribution in [0.3, 0.4) is 0 Å². The quantitative estimate of drug-likeness (QED) is 0.713. The number of amides is 1. The lowest BCUT2D eigenvalue weighted by Gasteiger charge is -2.16. The number of benzene rings is 1. The first kappa shape index (κ1) is 16.2. The molecule has 1 unspecified atom stereocenters. The van der Waals surface area contributed by atoms with Crippen LogP contribution >= 0.6 is 0 Å². The highest BCUT2D eigenvalue weighted by Gasteiger charge is 2.19. The van der Waals surface area contributed by atoms with Crippen LogP contribution in [0.4, 0.5) is 5.69 Å². The van der Waals surface area contributed by atoms with Gasteiger partial charge >= 0.3 is 5.97 Å². The van der Waals surface area contributed by atoms with Gasteiger partial charge < -0.3 is 10.4 Å². The number of carbonyl (C=O) groups excluding carboxylic acids is 1. The standard InChI is InChI=1S/C15H22N2O3/c1-10(2)7-13(15(19)20)16-9-14(18)17-12-6-4-5-11(3)8-12/h4-6,8,10,13,16H,7,9H2,1-3H3,(H,17,18)(H,19,20). The molecule has 1 aromatic carbocycles. The molecule has 1 aromatic rings. The summed E-state index contributed by atoms with van der Waals surface area (Å²) in [6.07, 6.45) is 0.493. The summed E-state index contributed by atoms with van der Waals surface area (Å²) in [7, 11) is 0. The van der Waals surface area contributed by atoms with Crippen LogP contribution in [-0.2, 0) is 9.59 Å². The van der Waals surface area contributed by atoms with E-state index in [2.05, 4.69) is 10.6 Å². The van der Waals surface area contributed by atoms with Gasteiger partial charge in [-0.2, -0.15) is 0 Å². The van der Waals surface area contributed by atoms with Crippen molar-refractivity contribution < 1.29 is 14.7 Å². The Hall–Kier alpha value is -1.88. The molecule has 0 saturated heterocycles. The second-order valence-corrected chi connectivity index (χ2v) is 5.32. The highest BCUT2D eigenvalue weighted by Crippen LogP contribution is 2.09. The number of anilines is 1. The number of carbonyl (C=O) groups is 2. The van der Waals surface area contributed by atoms with Gasteiger partial charge in [0.15, 0.2) is 0 Å². The van der Waals surface area contributed by atoms with Crippen molar-refractivity contribution in [2.45, 2.75) is 33.2 Å². The molecule has 20 heavy (non-hydrogen) atoms. The van der Waals surface area contributed by atoms with Crippen LogP contribution in [0.5, 0.6) is 0 Å². The summed E-state index contributed by atoms with van der Waals surface area (Å²) >= 11 is 0. The van der Waals surface area contributed by atoms with Gasteiger partial charge in [0, 0.05) is 5.69 Å². The van der Waals surface area contributed by atoms with E-state index in [0.29, 0.717) is 12.1 Å². The zero-order valence-electron chi connectivity index (χ0n) is 12.1. The number of aliphatic carboxylic acids is 1. The molecule has 1 rings (SSSR count). The van der Waals surface area contributed by atoms with Gasteiger partial charge in [0.05, 0.1) is 6.54 Å². The van der Waals surface area contributed by atoms with Crippen molar-refractivity contribution >= 4 is 17.6 Å². The minimum absolute atomic E-state index is 0.0162. The fraction of sp³-hybridized carbons (Fsp3) is 0.467. The molecule has 1 amide bonds. The SMILES string of the molecule is Cc1cccc(NC(=O)CNC(CC(C)C)C(=O)O)c1. The van der Waals surface area contributed by atoms with Gasteiger partial charge in [0.25, 0.3) is 0 Å². The maximum Gasteiger partial charge on any atom is 0.320 e. The molecular formula is C15H22N2O3. The van der Waals surface area contributed by atoms with Gasteiger partial charge in [-0.25, -0.2) is 0 Å². The van der Waals surface area contributed by atoms with Crippen LogP contribution in [0.2, 0.25) is 0 Å². The lowest BCUT2D eigenvalue weighted by Crippen LogP contribution is -2.42. The lowest BCUT2D eigenvalue weighted by atomic mass is 10.0. The van der Waals surface area contributed by atoms with Gasteiger partial charge in [-0.15, -0.1) is 0 Å². The number of carboxylic acids is 1. The summed E-state index contributed by atoms with van der Waals surface area (Å²) < 4.78 is 0. The fourth-order valence-electron chi connectivity index (χ4n) is 1.89. The van der Waals surface area contributed by atoms with Gasteiger partial charge in [-0.1, -0.05) is 26.0 Å². The summed E-state index contributed by atoms with van der Waals surface area (Å²) in [5, 5.41) is 14.6. The lowest BCUT2D eigenvalue weighted by molar-refractivity contribution is -0.139. The number of rotatable bonds is 7. The number of carboxylic acid groups (broad SMARTS) is 1. The maximum atomic E-state index is 11.8. The molecule has 5 heteroatoms. The van der Waals surface area contributed by atoms with Crippen LogP contribution in [0.15, 0.2) is 24.3 Å². The number of hydrogen-bond donors (Lipinski definition) is 3. The van der Waals surface area contributed by atoms with Crippen LogP contribution < -0.4 is 10.6 Å². The second kappa shape index (κ2) is 7.65.